The summed E-state index contributed by atoms with van der Waals surface area (Å²) >= 11 is 3.83. The molecule has 5 heteroatoms. The summed E-state index contributed by atoms with van der Waals surface area (Å²) in [6, 6.07) is 0. The summed E-state index contributed by atoms with van der Waals surface area (Å²) < 4.78 is 9.03. The van der Waals surface area contributed by atoms with Crippen molar-refractivity contribution in [2.45, 2.75) is 19.8 Å². The molecule has 0 fully saturated rings. The Morgan fingerprint density at radius 1 is 1.25 bits per heavy atom. The van der Waals surface area contributed by atoms with Gasteiger partial charge in [0.05, 0.1) is 6.42 Å². The molecule has 0 atom stereocenters. The molecule has 0 bridgehead atoms. The quantitative estimate of drug-likeness (QED) is 0.397. The lowest BCUT2D eigenvalue weighted by Crippen LogP contribution is -2.12. The molecule has 12 heavy (non-hydrogen) atoms. The van der Waals surface area contributed by atoms with E-state index in [1.54, 1.807) is 6.92 Å². The lowest BCUT2D eigenvalue weighted by molar-refractivity contribution is -0.166. The first-order valence-corrected chi connectivity index (χ1v) is 4.26. The van der Waals surface area contributed by atoms with Gasteiger partial charge in [-0.1, -0.05) is 6.92 Å². The minimum absolute atomic E-state index is 0.229. The van der Waals surface area contributed by atoms with Crippen LogP contribution in [0.5, 0.6) is 0 Å². The molecule has 0 aromatic rings. The molecule has 0 amide bonds. The smallest absolute Gasteiger partial charge is 0.309 e. The fraction of sp³-hybridized carbons (Fsp3) is 0.714. The first kappa shape index (κ1) is 11.3. The zero-order valence-corrected chi connectivity index (χ0v) is 7.80. The number of thiol groups is 1. The predicted octanol–water partition coefficient (Wildman–Crippen LogP) is 0.760. The third-order valence-electron chi connectivity index (χ3n) is 1.04. The van der Waals surface area contributed by atoms with Crippen molar-refractivity contribution in [2.24, 2.45) is 0 Å². The van der Waals surface area contributed by atoms with E-state index in [9.17, 15) is 9.59 Å². The van der Waals surface area contributed by atoms with Crippen molar-refractivity contribution >= 4 is 24.6 Å². The van der Waals surface area contributed by atoms with Crippen LogP contribution in [0.3, 0.4) is 0 Å². The van der Waals surface area contributed by atoms with E-state index in [-0.39, 0.29) is 25.6 Å². The van der Waals surface area contributed by atoms with Crippen LogP contribution in [-0.2, 0) is 19.1 Å². The fourth-order valence-corrected chi connectivity index (χ4v) is 0.609. The van der Waals surface area contributed by atoms with E-state index in [0.717, 1.165) is 0 Å². The van der Waals surface area contributed by atoms with Crippen molar-refractivity contribution in [2.75, 3.05) is 12.5 Å². The van der Waals surface area contributed by atoms with E-state index in [0.29, 0.717) is 5.75 Å². The molecule has 0 aromatic carbocycles. The van der Waals surface area contributed by atoms with Gasteiger partial charge in [-0.3, -0.25) is 9.59 Å². The number of carbonyl (C=O) groups excluding carboxylic acids is 2. The summed E-state index contributed by atoms with van der Waals surface area (Å²) in [6.45, 7) is 1.37. The molecule has 0 aromatic heterocycles. The number of esters is 2. The number of ether oxygens (including phenoxy) is 2. The molecule has 0 saturated carbocycles. The van der Waals surface area contributed by atoms with E-state index < -0.39 is 5.97 Å². The van der Waals surface area contributed by atoms with Crippen LogP contribution in [0.1, 0.15) is 19.8 Å². The second kappa shape index (κ2) is 6.97. The van der Waals surface area contributed by atoms with E-state index in [1.165, 1.54) is 0 Å². The Bertz CT molecular complexity index is 157. The van der Waals surface area contributed by atoms with Crippen molar-refractivity contribution in [1.29, 1.82) is 0 Å². The topological polar surface area (TPSA) is 52.6 Å². The highest BCUT2D eigenvalue weighted by Crippen LogP contribution is 1.91. The van der Waals surface area contributed by atoms with Crippen LogP contribution in [0.15, 0.2) is 0 Å². The molecule has 0 heterocycles. The van der Waals surface area contributed by atoms with Gasteiger partial charge < -0.3 is 9.47 Å². The summed E-state index contributed by atoms with van der Waals surface area (Å²) in [5.41, 5.74) is 0. The molecule has 0 aliphatic rings. The molecule has 0 aliphatic carbocycles. The third-order valence-corrected chi connectivity index (χ3v) is 1.27. The Hall–Kier alpha value is -0.710. The average molecular weight is 192 g/mol. The summed E-state index contributed by atoms with van der Waals surface area (Å²) in [4.78, 5) is 21.2. The second-order valence-electron chi connectivity index (χ2n) is 1.98. The summed E-state index contributed by atoms with van der Waals surface area (Å²) in [5, 5.41) is 0. The first-order valence-electron chi connectivity index (χ1n) is 3.62. The van der Waals surface area contributed by atoms with E-state index in [4.69, 9.17) is 0 Å². The normalized spacial score (nSPS) is 9.17. The van der Waals surface area contributed by atoms with Crippen LogP contribution in [0, 0.1) is 0 Å². The Morgan fingerprint density at radius 2 is 1.83 bits per heavy atom. The van der Waals surface area contributed by atoms with Crippen molar-refractivity contribution < 1.29 is 19.1 Å². The Morgan fingerprint density at radius 3 is 2.33 bits per heavy atom. The predicted molar refractivity (Wildman–Crippen MR) is 45.8 cm³/mol. The number of rotatable bonds is 5. The molecule has 0 radical (unpaired) electrons. The van der Waals surface area contributed by atoms with Gasteiger partial charge in [0, 0.05) is 12.2 Å². The molecule has 70 valence electrons. The number of carbonyl (C=O) groups is 2. The molecular weight excluding hydrogens is 180 g/mol. The number of hydrogen-bond donors (Lipinski definition) is 1. The lowest BCUT2D eigenvalue weighted by Gasteiger charge is -2.03. The van der Waals surface area contributed by atoms with Crippen LogP contribution in [0.4, 0.5) is 0 Å². The van der Waals surface area contributed by atoms with Crippen molar-refractivity contribution in [3.8, 4) is 0 Å². The van der Waals surface area contributed by atoms with Crippen LogP contribution < -0.4 is 0 Å². The molecule has 0 rings (SSSR count). The van der Waals surface area contributed by atoms with Gasteiger partial charge in [0.15, 0.2) is 0 Å². The Labute approximate surface area is 76.6 Å². The summed E-state index contributed by atoms with van der Waals surface area (Å²) in [7, 11) is 0. The van der Waals surface area contributed by atoms with Gasteiger partial charge in [-0.25, -0.2) is 0 Å². The maximum Gasteiger partial charge on any atom is 0.309 e. The van der Waals surface area contributed by atoms with Crippen LogP contribution in [0.2, 0.25) is 0 Å². The minimum Gasteiger partial charge on any atom is -0.428 e. The molecule has 0 unspecified atom stereocenters. The molecule has 0 saturated heterocycles. The molecular formula is C7H12O4S. The average Bonchev–Trinajstić information content (AvgIpc) is 2.04. The largest absolute Gasteiger partial charge is 0.428 e. The summed E-state index contributed by atoms with van der Waals surface area (Å²) in [6.07, 6.45) is 0.511. The van der Waals surface area contributed by atoms with Gasteiger partial charge in [-0.15, -0.1) is 0 Å². The maximum atomic E-state index is 10.7. The van der Waals surface area contributed by atoms with Crippen molar-refractivity contribution in [1.82, 2.24) is 0 Å². The van der Waals surface area contributed by atoms with Gasteiger partial charge in [0.25, 0.3) is 0 Å². The highest BCUT2D eigenvalue weighted by molar-refractivity contribution is 7.80. The van der Waals surface area contributed by atoms with Crippen LogP contribution >= 0.6 is 12.6 Å². The van der Waals surface area contributed by atoms with Crippen LogP contribution in [-0.4, -0.2) is 24.5 Å². The zero-order chi connectivity index (χ0) is 9.40. The zero-order valence-electron chi connectivity index (χ0n) is 6.91. The minimum atomic E-state index is -0.408. The Kier molecular flexibility index (Phi) is 6.55. The van der Waals surface area contributed by atoms with Gasteiger partial charge in [-0.05, 0) is 0 Å². The fourth-order valence-electron chi connectivity index (χ4n) is 0.426. The van der Waals surface area contributed by atoms with Gasteiger partial charge in [-0.2, -0.15) is 12.6 Å². The summed E-state index contributed by atoms with van der Waals surface area (Å²) in [5.74, 6) is -0.358. The Balaban J connectivity index is 3.30. The second-order valence-corrected chi connectivity index (χ2v) is 2.42. The maximum absolute atomic E-state index is 10.7. The first-order chi connectivity index (χ1) is 5.70. The third kappa shape index (κ3) is 6.03. The highest BCUT2D eigenvalue weighted by Gasteiger charge is 2.02. The van der Waals surface area contributed by atoms with Gasteiger partial charge >= 0.3 is 11.9 Å². The van der Waals surface area contributed by atoms with Crippen molar-refractivity contribution in [3.05, 3.63) is 0 Å². The van der Waals surface area contributed by atoms with Crippen LogP contribution in [0.25, 0.3) is 0 Å². The van der Waals surface area contributed by atoms with Crippen molar-refractivity contribution in [3.63, 3.8) is 0 Å². The molecule has 4 nitrogen and oxygen atoms in total. The highest BCUT2D eigenvalue weighted by atomic mass is 32.1. The van der Waals surface area contributed by atoms with E-state index in [2.05, 4.69) is 22.1 Å². The van der Waals surface area contributed by atoms with E-state index in [1.807, 2.05) is 0 Å². The molecule has 0 aliphatic heterocycles. The lowest BCUT2D eigenvalue weighted by atomic mass is 10.5. The molecule has 0 N–H and O–H groups in total. The monoisotopic (exact) mass is 192 g/mol. The molecule has 0 spiro atoms. The SMILES string of the molecule is CCC(=O)OCOC(=O)CCS. The van der Waals surface area contributed by atoms with Gasteiger partial charge in [0.2, 0.25) is 6.79 Å². The van der Waals surface area contributed by atoms with E-state index >= 15 is 0 Å². The van der Waals surface area contributed by atoms with Gasteiger partial charge in [0.1, 0.15) is 0 Å². The standard InChI is InChI=1S/C7H12O4S/c1-2-6(8)10-5-11-7(9)3-4-12/h12H,2-5H2,1H3. The number of hydrogen-bond acceptors (Lipinski definition) is 5.